The maximum atomic E-state index is 11.5. The van der Waals surface area contributed by atoms with Crippen molar-refractivity contribution in [2.45, 2.75) is 25.3 Å². The minimum Gasteiger partial charge on any atom is -0.479 e. The molecule has 6 heteroatoms. The van der Waals surface area contributed by atoms with Crippen LogP contribution in [0.1, 0.15) is 19.8 Å². The molecule has 0 aliphatic carbocycles. The number of carbonyl (C=O) groups excluding carboxylic acids is 1. The summed E-state index contributed by atoms with van der Waals surface area (Å²) >= 11 is 1.66. The van der Waals surface area contributed by atoms with Crippen LogP contribution >= 0.6 is 11.8 Å². The Balaban J connectivity index is 4.19. The molecule has 2 N–H and O–H groups in total. The van der Waals surface area contributed by atoms with Crippen molar-refractivity contribution in [3.05, 3.63) is 0 Å². The number of carboxylic acids is 1. The second kappa shape index (κ2) is 7.51. The molecular formula is C10H19NO4S. The van der Waals surface area contributed by atoms with E-state index < -0.39 is 11.5 Å². The van der Waals surface area contributed by atoms with Gasteiger partial charge < -0.3 is 15.2 Å². The largest absolute Gasteiger partial charge is 0.479 e. The van der Waals surface area contributed by atoms with Crippen molar-refractivity contribution < 1.29 is 19.4 Å². The summed E-state index contributed by atoms with van der Waals surface area (Å²) < 4.78 is 4.80. The molecule has 1 unspecified atom stereocenters. The number of hydrogen-bond donors (Lipinski definition) is 2. The summed E-state index contributed by atoms with van der Waals surface area (Å²) in [6, 6.07) is 0. The Morgan fingerprint density at radius 3 is 2.56 bits per heavy atom. The van der Waals surface area contributed by atoms with Crippen LogP contribution in [0.3, 0.4) is 0 Å². The van der Waals surface area contributed by atoms with Gasteiger partial charge in [0.15, 0.2) is 5.54 Å². The Hall–Kier alpha value is -0.750. The number of nitrogens with one attached hydrogen (secondary N) is 1. The first-order valence-electron chi connectivity index (χ1n) is 4.98. The first kappa shape index (κ1) is 15.2. The molecule has 1 atom stereocenters. The summed E-state index contributed by atoms with van der Waals surface area (Å²) in [6.07, 6.45) is 3.05. The van der Waals surface area contributed by atoms with E-state index in [1.165, 1.54) is 14.0 Å². The summed E-state index contributed by atoms with van der Waals surface area (Å²) in [4.78, 5) is 22.5. The highest BCUT2D eigenvalue weighted by Crippen LogP contribution is 2.06. The lowest BCUT2D eigenvalue weighted by Crippen LogP contribution is -2.55. The molecule has 0 heterocycles. The Morgan fingerprint density at radius 2 is 2.12 bits per heavy atom. The fourth-order valence-electron chi connectivity index (χ4n) is 1.19. The maximum absolute atomic E-state index is 11.5. The van der Waals surface area contributed by atoms with E-state index in [1.807, 2.05) is 6.26 Å². The van der Waals surface area contributed by atoms with Crippen molar-refractivity contribution in [2.75, 3.05) is 25.7 Å². The lowest BCUT2D eigenvalue weighted by Gasteiger charge is -2.25. The minimum absolute atomic E-state index is 0.0450. The van der Waals surface area contributed by atoms with Gasteiger partial charge in [-0.25, -0.2) is 4.79 Å². The number of methoxy groups -OCH3 is 1. The molecule has 0 aromatic heterocycles. The van der Waals surface area contributed by atoms with Gasteiger partial charge in [-0.2, -0.15) is 11.8 Å². The van der Waals surface area contributed by atoms with Gasteiger partial charge in [-0.05, 0) is 25.4 Å². The molecule has 0 spiro atoms. The molecule has 0 fully saturated rings. The molecule has 0 aromatic rings. The minimum atomic E-state index is -1.34. The van der Waals surface area contributed by atoms with Crippen molar-refractivity contribution in [1.29, 1.82) is 0 Å². The van der Waals surface area contributed by atoms with Crippen LogP contribution in [0.4, 0.5) is 0 Å². The van der Waals surface area contributed by atoms with E-state index in [1.54, 1.807) is 11.8 Å². The summed E-state index contributed by atoms with van der Waals surface area (Å²) in [5.41, 5.74) is -1.34. The van der Waals surface area contributed by atoms with Crippen LogP contribution in [0.15, 0.2) is 0 Å². The van der Waals surface area contributed by atoms with E-state index in [0.29, 0.717) is 6.42 Å². The number of rotatable bonds is 8. The smallest absolute Gasteiger partial charge is 0.331 e. The predicted molar refractivity (Wildman–Crippen MR) is 63.7 cm³/mol. The van der Waals surface area contributed by atoms with Gasteiger partial charge in [0.25, 0.3) is 0 Å². The zero-order valence-electron chi connectivity index (χ0n) is 9.91. The van der Waals surface area contributed by atoms with Crippen molar-refractivity contribution in [2.24, 2.45) is 0 Å². The monoisotopic (exact) mass is 249 g/mol. The number of thioether (sulfide) groups is 1. The van der Waals surface area contributed by atoms with E-state index in [9.17, 15) is 9.59 Å². The Kier molecular flexibility index (Phi) is 7.16. The molecule has 0 bridgehead atoms. The van der Waals surface area contributed by atoms with E-state index in [4.69, 9.17) is 9.84 Å². The summed E-state index contributed by atoms with van der Waals surface area (Å²) in [6.45, 7) is 1.39. The molecule has 0 saturated heterocycles. The van der Waals surface area contributed by atoms with Crippen LogP contribution in [-0.2, 0) is 14.3 Å². The average Bonchev–Trinajstić information content (AvgIpc) is 2.18. The zero-order valence-corrected chi connectivity index (χ0v) is 10.7. The normalized spacial score (nSPS) is 14.2. The molecule has 5 nitrogen and oxygen atoms in total. The highest BCUT2D eigenvalue weighted by atomic mass is 32.2. The quantitative estimate of drug-likeness (QED) is 0.620. The van der Waals surface area contributed by atoms with Gasteiger partial charge in [0.05, 0.1) is 6.61 Å². The van der Waals surface area contributed by atoms with Crippen LogP contribution in [0, 0.1) is 0 Å². The Bertz CT molecular complexity index is 247. The Morgan fingerprint density at radius 1 is 1.50 bits per heavy atom. The lowest BCUT2D eigenvalue weighted by atomic mass is 10.0. The van der Waals surface area contributed by atoms with E-state index in [-0.39, 0.29) is 12.5 Å². The molecule has 0 aromatic carbocycles. The van der Waals surface area contributed by atoms with Crippen LogP contribution in [-0.4, -0.2) is 48.2 Å². The van der Waals surface area contributed by atoms with Crippen LogP contribution in [0.2, 0.25) is 0 Å². The fraction of sp³-hybridized carbons (Fsp3) is 0.800. The molecule has 1 amide bonds. The summed E-state index contributed by atoms with van der Waals surface area (Å²) in [5.74, 6) is -0.454. The highest BCUT2D eigenvalue weighted by molar-refractivity contribution is 7.98. The average molecular weight is 249 g/mol. The SMILES string of the molecule is COCC(C)(NC(=O)CCCSC)C(=O)O. The van der Waals surface area contributed by atoms with Gasteiger partial charge in [0, 0.05) is 13.5 Å². The molecule has 0 rings (SSSR count). The number of ether oxygens (including phenoxy) is 1. The van der Waals surface area contributed by atoms with Crippen molar-refractivity contribution in [1.82, 2.24) is 5.32 Å². The van der Waals surface area contributed by atoms with Gasteiger partial charge in [0.2, 0.25) is 5.91 Å². The molecular weight excluding hydrogens is 230 g/mol. The zero-order chi connectivity index (χ0) is 12.6. The van der Waals surface area contributed by atoms with Crippen molar-refractivity contribution >= 4 is 23.6 Å². The molecule has 0 aliphatic rings. The number of carbonyl (C=O) groups is 2. The summed E-state index contributed by atoms with van der Waals surface area (Å²) in [5, 5.41) is 11.5. The van der Waals surface area contributed by atoms with Gasteiger partial charge in [-0.15, -0.1) is 0 Å². The first-order valence-corrected chi connectivity index (χ1v) is 6.38. The van der Waals surface area contributed by atoms with Crippen molar-refractivity contribution in [3.8, 4) is 0 Å². The number of aliphatic carboxylic acids is 1. The number of carboxylic acid groups (broad SMARTS) is 1. The highest BCUT2D eigenvalue weighted by Gasteiger charge is 2.34. The third kappa shape index (κ3) is 5.37. The second-order valence-corrected chi connectivity index (χ2v) is 4.70. The first-order chi connectivity index (χ1) is 7.46. The molecule has 0 radical (unpaired) electrons. The van der Waals surface area contributed by atoms with Gasteiger partial charge in [0.1, 0.15) is 0 Å². The van der Waals surface area contributed by atoms with Crippen molar-refractivity contribution in [3.63, 3.8) is 0 Å². The molecule has 94 valence electrons. The topological polar surface area (TPSA) is 75.6 Å². The van der Waals surface area contributed by atoms with Gasteiger partial charge >= 0.3 is 5.97 Å². The molecule has 16 heavy (non-hydrogen) atoms. The third-order valence-corrected chi connectivity index (χ3v) is 2.77. The van der Waals surface area contributed by atoms with E-state index >= 15 is 0 Å². The van der Waals surface area contributed by atoms with Crippen LogP contribution < -0.4 is 5.32 Å². The van der Waals surface area contributed by atoms with E-state index in [0.717, 1.165) is 12.2 Å². The van der Waals surface area contributed by atoms with Crippen LogP contribution in [0.5, 0.6) is 0 Å². The number of amides is 1. The molecule has 0 saturated carbocycles. The number of hydrogen-bond acceptors (Lipinski definition) is 4. The Labute approximate surface area is 99.9 Å². The fourth-order valence-corrected chi connectivity index (χ4v) is 1.62. The third-order valence-electron chi connectivity index (χ3n) is 2.07. The molecule has 0 aliphatic heterocycles. The standard InChI is InChI=1S/C10H19NO4S/c1-10(7-15-2,9(13)14)11-8(12)5-4-6-16-3/h4-7H2,1-3H3,(H,11,12)(H,13,14). The predicted octanol–water partition coefficient (Wildman–Crippen LogP) is 0.735. The second-order valence-electron chi connectivity index (χ2n) is 3.71. The van der Waals surface area contributed by atoms with Gasteiger partial charge in [-0.1, -0.05) is 0 Å². The van der Waals surface area contributed by atoms with Crippen LogP contribution in [0.25, 0.3) is 0 Å². The summed E-state index contributed by atoms with van der Waals surface area (Å²) in [7, 11) is 1.40. The maximum Gasteiger partial charge on any atom is 0.331 e. The lowest BCUT2D eigenvalue weighted by molar-refractivity contribution is -0.149. The van der Waals surface area contributed by atoms with E-state index in [2.05, 4.69) is 5.32 Å². The van der Waals surface area contributed by atoms with Gasteiger partial charge in [-0.3, -0.25) is 4.79 Å².